The van der Waals surface area contributed by atoms with E-state index in [0.29, 0.717) is 25.9 Å². The lowest BCUT2D eigenvalue weighted by Crippen LogP contribution is -2.45. The van der Waals surface area contributed by atoms with Crippen molar-refractivity contribution in [1.29, 1.82) is 0 Å². The fraction of sp³-hybridized carbons (Fsp3) is 0.964. The van der Waals surface area contributed by atoms with Crippen LogP contribution < -0.4 is 5.32 Å². The Morgan fingerprint density at radius 1 is 0.387 bits per heavy atom. The number of rotatable bonds is 53. The minimum absolute atomic E-state index is 0.0128. The normalized spacial score (nSPS) is 12.5. The number of hydrogen-bond donors (Lipinski definition) is 3. The van der Waals surface area contributed by atoms with E-state index in [9.17, 15) is 19.8 Å². The molecule has 6 heteroatoms. The smallest absolute Gasteiger partial charge is 0.305 e. The molecule has 0 fully saturated rings. The lowest BCUT2D eigenvalue weighted by Gasteiger charge is -2.22. The van der Waals surface area contributed by atoms with Gasteiger partial charge in [-0.3, -0.25) is 9.59 Å². The molecule has 3 N–H and O–H groups in total. The number of nitrogens with one attached hydrogen (secondary N) is 1. The quantitative estimate of drug-likeness (QED) is 0.0418. The van der Waals surface area contributed by atoms with Crippen molar-refractivity contribution in [3.63, 3.8) is 0 Å². The molecule has 0 aliphatic heterocycles. The third-order valence-corrected chi connectivity index (χ3v) is 13.4. The van der Waals surface area contributed by atoms with Gasteiger partial charge >= 0.3 is 5.97 Å². The van der Waals surface area contributed by atoms with Gasteiger partial charge in [0.2, 0.25) is 5.91 Å². The summed E-state index contributed by atoms with van der Waals surface area (Å²) in [5.74, 6) is -0.0228. The van der Waals surface area contributed by atoms with E-state index in [1.165, 1.54) is 250 Å². The molecular formula is C56H111NO5. The van der Waals surface area contributed by atoms with Gasteiger partial charge in [-0.2, -0.15) is 0 Å². The highest BCUT2D eigenvalue weighted by molar-refractivity contribution is 5.76. The van der Waals surface area contributed by atoms with Crippen molar-refractivity contribution in [2.24, 2.45) is 0 Å². The first-order valence-corrected chi connectivity index (χ1v) is 28.3. The number of esters is 1. The zero-order valence-electron chi connectivity index (χ0n) is 42.1. The molecule has 0 heterocycles. The van der Waals surface area contributed by atoms with Crippen LogP contribution in [-0.4, -0.2) is 47.4 Å². The molecule has 2 unspecified atom stereocenters. The van der Waals surface area contributed by atoms with Crippen LogP contribution in [0.2, 0.25) is 0 Å². The van der Waals surface area contributed by atoms with E-state index in [1.807, 2.05) is 0 Å². The van der Waals surface area contributed by atoms with Crippen molar-refractivity contribution in [3.05, 3.63) is 0 Å². The van der Waals surface area contributed by atoms with Crippen LogP contribution >= 0.6 is 0 Å². The summed E-state index contributed by atoms with van der Waals surface area (Å²) in [4.78, 5) is 24.5. The van der Waals surface area contributed by atoms with Gasteiger partial charge in [-0.05, 0) is 25.7 Å². The Balaban J connectivity index is 3.36. The lowest BCUT2D eigenvalue weighted by molar-refractivity contribution is -0.143. The first-order chi connectivity index (χ1) is 30.5. The first-order valence-electron chi connectivity index (χ1n) is 28.3. The van der Waals surface area contributed by atoms with Gasteiger partial charge < -0.3 is 20.3 Å². The van der Waals surface area contributed by atoms with Crippen molar-refractivity contribution in [2.45, 2.75) is 334 Å². The summed E-state index contributed by atoms with van der Waals surface area (Å²) in [6, 6.07) is -0.540. The zero-order chi connectivity index (χ0) is 45.1. The van der Waals surface area contributed by atoms with E-state index in [0.717, 1.165) is 38.5 Å². The summed E-state index contributed by atoms with van der Waals surface area (Å²) in [5.41, 5.74) is 0. The summed E-state index contributed by atoms with van der Waals surface area (Å²) >= 11 is 0. The molecule has 62 heavy (non-hydrogen) atoms. The molecule has 370 valence electrons. The van der Waals surface area contributed by atoms with Crippen molar-refractivity contribution in [2.75, 3.05) is 13.2 Å². The second kappa shape index (κ2) is 52.5. The number of aliphatic hydroxyl groups excluding tert-OH is 2. The number of ether oxygens (including phenoxy) is 1. The van der Waals surface area contributed by atoms with E-state index in [-0.39, 0.29) is 18.5 Å². The monoisotopic (exact) mass is 878 g/mol. The molecule has 0 bridgehead atoms. The summed E-state index contributed by atoms with van der Waals surface area (Å²) in [5, 5.41) is 23.2. The van der Waals surface area contributed by atoms with Crippen LogP contribution in [0, 0.1) is 0 Å². The van der Waals surface area contributed by atoms with Crippen LogP contribution in [0.3, 0.4) is 0 Å². The number of unbranched alkanes of at least 4 members (excludes halogenated alkanes) is 42. The van der Waals surface area contributed by atoms with E-state index in [4.69, 9.17) is 4.74 Å². The van der Waals surface area contributed by atoms with Gasteiger partial charge in [0.1, 0.15) is 0 Å². The Bertz CT molecular complexity index is 882. The highest BCUT2D eigenvalue weighted by Crippen LogP contribution is 2.18. The predicted octanol–water partition coefficient (Wildman–Crippen LogP) is 17.1. The summed E-state index contributed by atoms with van der Waals surface area (Å²) in [7, 11) is 0. The van der Waals surface area contributed by atoms with Gasteiger partial charge in [0.05, 0.1) is 25.4 Å². The number of carbonyl (C=O) groups excluding carboxylic acids is 2. The molecule has 0 saturated heterocycles. The molecule has 0 spiro atoms. The van der Waals surface area contributed by atoms with Crippen LogP contribution in [0.1, 0.15) is 322 Å². The number of carbonyl (C=O) groups is 2. The predicted molar refractivity (Wildman–Crippen MR) is 269 cm³/mol. The molecule has 1 amide bonds. The molecule has 0 aromatic heterocycles. The molecule has 0 saturated carbocycles. The fourth-order valence-corrected chi connectivity index (χ4v) is 9.05. The molecule has 0 rings (SSSR count). The standard InChI is InChI=1S/C56H111NO5/c1-3-5-7-9-11-13-15-25-30-34-38-42-46-50-56(61)62-51-47-43-39-35-31-27-24-22-20-18-17-19-21-23-26-29-33-37-41-45-49-55(60)57-53(52-58)54(59)48-44-40-36-32-28-16-14-12-10-8-6-4-2/h53-54,58-59H,3-52H2,1-2H3,(H,57,60). The van der Waals surface area contributed by atoms with Crippen LogP contribution in [-0.2, 0) is 14.3 Å². The van der Waals surface area contributed by atoms with Gasteiger partial charge in [-0.15, -0.1) is 0 Å². The molecule has 0 aromatic rings. The number of amides is 1. The second-order valence-corrected chi connectivity index (χ2v) is 19.6. The minimum Gasteiger partial charge on any atom is -0.466 e. The highest BCUT2D eigenvalue weighted by Gasteiger charge is 2.20. The van der Waals surface area contributed by atoms with Crippen molar-refractivity contribution < 1.29 is 24.5 Å². The maximum absolute atomic E-state index is 12.4. The van der Waals surface area contributed by atoms with Crippen molar-refractivity contribution in [1.82, 2.24) is 5.32 Å². The summed E-state index contributed by atoms with van der Waals surface area (Å²) in [6.07, 6.45) is 59.5. The average Bonchev–Trinajstić information content (AvgIpc) is 3.27. The second-order valence-electron chi connectivity index (χ2n) is 19.6. The van der Waals surface area contributed by atoms with E-state index in [1.54, 1.807) is 0 Å². The van der Waals surface area contributed by atoms with Gasteiger partial charge in [-0.1, -0.05) is 284 Å². The molecule has 0 aliphatic carbocycles. The molecule has 0 radical (unpaired) electrons. The summed E-state index contributed by atoms with van der Waals surface area (Å²) in [6.45, 7) is 4.96. The molecular weight excluding hydrogens is 767 g/mol. The number of hydrogen-bond acceptors (Lipinski definition) is 5. The van der Waals surface area contributed by atoms with Crippen LogP contribution in [0.15, 0.2) is 0 Å². The van der Waals surface area contributed by atoms with Crippen LogP contribution in [0.4, 0.5) is 0 Å². The zero-order valence-corrected chi connectivity index (χ0v) is 42.1. The lowest BCUT2D eigenvalue weighted by atomic mass is 10.0. The van der Waals surface area contributed by atoms with Crippen molar-refractivity contribution >= 4 is 11.9 Å². The Morgan fingerprint density at radius 2 is 0.661 bits per heavy atom. The maximum atomic E-state index is 12.4. The third kappa shape index (κ3) is 48.3. The van der Waals surface area contributed by atoms with Crippen LogP contribution in [0.25, 0.3) is 0 Å². The average molecular weight is 879 g/mol. The fourth-order valence-electron chi connectivity index (χ4n) is 9.05. The Morgan fingerprint density at radius 3 is 0.984 bits per heavy atom. The number of aliphatic hydroxyl groups is 2. The van der Waals surface area contributed by atoms with Gasteiger partial charge in [-0.25, -0.2) is 0 Å². The topological polar surface area (TPSA) is 95.9 Å². The Kier molecular flexibility index (Phi) is 51.5. The largest absolute Gasteiger partial charge is 0.466 e. The Hall–Kier alpha value is -1.14. The first kappa shape index (κ1) is 60.9. The minimum atomic E-state index is -0.663. The van der Waals surface area contributed by atoms with Crippen molar-refractivity contribution in [3.8, 4) is 0 Å². The third-order valence-electron chi connectivity index (χ3n) is 13.4. The SMILES string of the molecule is CCCCCCCCCCCCCCCC(=O)OCCCCCCCCCCCCCCCCCCCCCCC(=O)NC(CO)C(O)CCCCCCCCCCCCCC. The van der Waals surface area contributed by atoms with E-state index < -0.39 is 12.1 Å². The van der Waals surface area contributed by atoms with Gasteiger partial charge in [0.25, 0.3) is 0 Å². The Labute approximate surface area is 387 Å². The van der Waals surface area contributed by atoms with Gasteiger partial charge in [0, 0.05) is 12.8 Å². The highest BCUT2D eigenvalue weighted by atomic mass is 16.5. The van der Waals surface area contributed by atoms with Crippen LogP contribution in [0.5, 0.6) is 0 Å². The molecule has 6 nitrogen and oxygen atoms in total. The molecule has 2 atom stereocenters. The van der Waals surface area contributed by atoms with Gasteiger partial charge in [0.15, 0.2) is 0 Å². The summed E-state index contributed by atoms with van der Waals surface area (Å²) < 4.78 is 5.47. The maximum Gasteiger partial charge on any atom is 0.305 e. The van der Waals surface area contributed by atoms with E-state index >= 15 is 0 Å². The molecule has 0 aliphatic rings. The molecule has 0 aromatic carbocycles. The van der Waals surface area contributed by atoms with E-state index in [2.05, 4.69) is 19.2 Å².